The van der Waals surface area contributed by atoms with Crippen LogP contribution in [0.15, 0.2) is 89.0 Å². The largest absolute Gasteiger partial charge is 0.512 e. The number of hydrogen-bond acceptors (Lipinski definition) is 5. The average Bonchev–Trinajstić information content (AvgIpc) is 3.45. The standard InChI is InChI=1S/C27H18NOS.C5H8O2.Ir/c1-16-14-20-19-10-6-7-11-25(19)30-27(20)17(2)26(16)24-15-22-23(29-24)13-12-21(28-22)18-8-4-3-5-9-18;1-4(6)3-5(2)7;/h3-8,10-15H,1-2H3;3,6H,1-2H3;/q-1;;/b;4-3-;. The molecule has 0 atom stereocenters. The van der Waals surface area contributed by atoms with Gasteiger partial charge in [-0.15, -0.1) is 47.2 Å². The molecule has 0 fully saturated rings. The molecule has 0 saturated heterocycles. The van der Waals surface area contributed by atoms with Crippen LogP contribution in [0.2, 0.25) is 0 Å². The zero-order valence-corrected chi connectivity index (χ0v) is 24.7. The third kappa shape index (κ3) is 5.48. The van der Waals surface area contributed by atoms with Gasteiger partial charge in [0.2, 0.25) is 0 Å². The van der Waals surface area contributed by atoms with E-state index < -0.39 is 0 Å². The van der Waals surface area contributed by atoms with E-state index in [1.54, 1.807) is 0 Å². The third-order valence-corrected chi connectivity index (χ3v) is 7.43. The molecule has 0 aliphatic carbocycles. The van der Waals surface area contributed by atoms with Crippen molar-refractivity contribution in [2.45, 2.75) is 27.7 Å². The normalized spacial score (nSPS) is 11.3. The fraction of sp³-hybridized carbons (Fsp3) is 0.125. The Balaban J connectivity index is 0.000000375. The molecule has 3 aromatic heterocycles. The summed E-state index contributed by atoms with van der Waals surface area (Å²) in [4.78, 5) is 14.8. The van der Waals surface area contributed by atoms with Gasteiger partial charge in [-0.1, -0.05) is 24.3 Å². The Labute approximate surface area is 239 Å². The number of allylic oxidation sites excluding steroid dienone is 2. The number of aliphatic hydroxyl groups excluding tert-OH is 1. The smallest absolute Gasteiger partial charge is 0.155 e. The van der Waals surface area contributed by atoms with Crippen molar-refractivity contribution < 1.29 is 34.4 Å². The van der Waals surface area contributed by atoms with Crippen molar-refractivity contribution in [2.24, 2.45) is 0 Å². The first-order chi connectivity index (χ1) is 17.8. The molecule has 0 aliphatic heterocycles. The molecule has 6 heteroatoms. The molecular weight excluding hydrogens is 671 g/mol. The number of pyridine rings is 1. The van der Waals surface area contributed by atoms with Crippen molar-refractivity contribution in [3.05, 3.63) is 102 Å². The molecule has 1 radical (unpaired) electrons. The number of carbonyl (C=O) groups excluding carboxylic acids is 1. The number of nitrogens with zero attached hydrogens (tertiary/aromatic N) is 1. The summed E-state index contributed by atoms with van der Waals surface area (Å²) >= 11 is 1.85. The molecule has 0 spiro atoms. The van der Waals surface area contributed by atoms with Gasteiger partial charge in [-0.3, -0.25) is 9.78 Å². The fourth-order valence-corrected chi connectivity index (χ4v) is 5.80. The molecule has 6 aromatic rings. The van der Waals surface area contributed by atoms with E-state index in [0.29, 0.717) is 0 Å². The van der Waals surface area contributed by atoms with E-state index in [0.717, 1.165) is 28.1 Å². The minimum absolute atomic E-state index is 0. The van der Waals surface area contributed by atoms with Crippen LogP contribution in [0.4, 0.5) is 0 Å². The van der Waals surface area contributed by atoms with Crippen molar-refractivity contribution in [3.63, 3.8) is 0 Å². The molecule has 3 heterocycles. The Bertz CT molecular complexity index is 1790. The molecular formula is C32H26IrNO3S-. The third-order valence-electron chi connectivity index (χ3n) is 6.12. The van der Waals surface area contributed by atoms with Crippen LogP contribution in [-0.4, -0.2) is 15.9 Å². The zero-order chi connectivity index (χ0) is 26.1. The van der Waals surface area contributed by atoms with E-state index in [2.05, 4.69) is 56.3 Å². The Morgan fingerprint density at radius 2 is 1.76 bits per heavy atom. The second-order valence-electron chi connectivity index (χ2n) is 9.03. The molecule has 0 amide bonds. The minimum atomic E-state index is -0.125. The predicted octanol–water partition coefficient (Wildman–Crippen LogP) is 8.98. The van der Waals surface area contributed by atoms with Gasteiger partial charge in [0.15, 0.2) is 11.4 Å². The molecule has 0 unspecified atom stereocenters. The summed E-state index contributed by atoms with van der Waals surface area (Å²) in [6.45, 7) is 7.21. The van der Waals surface area contributed by atoms with Crippen LogP contribution in [0.5, 0.6) is 0 Å². The Morgan fingerprint density at radius 1 is 1.00 bits per heavy atom. The zero-order valence-electron chi connectivity index (χ0n) is 21.5. The number of furan rings is 1. The number of hydrogen-bond donors (Lipinski definition) is 1. The van der Waals surface area contributed by atoms with E-state index in [4.69, 9.17) is 14.5 Å². The molecule has 0 bridgehead atoms. The number of thiophene rings is 1. The number of rotatable bonds is 3. The summed E-state index contributed by atoms with van der Waals surface area (Å²) in [6.07, 6.45) is 1.17. The van der Waals surface area contributed by atoms with Crippen LogP contribution in [0, 0.1) is 19.9 Å². The molecule has 0 saturated carbocycles. The van der Waals surface area contributed by atoms with Crippen molar-refractivity contribution in [2.75, 3.05) is 0 Å². The Hall–Kier alpha value is -3.57. The molecule has 4 nitrogen and oxygen atoms in total. The molecule has 3 aromatic carbocycles. The number of benzene rings is 3. The van der Waals surface area contributed by atoms with Crippen molar-refractivity contribution in [3.8, 4) is 22.6 Å². The summed E-state index contributed by atoms with van der Waals surface area (Å²) < 4.78 is 8.91. The first kappa shape index (κ1) is 27.5. The van der Waals surface area contributed by atoms with Crippen LogP contribution in [0.1, 0.15) is 25.0 Å². The Morgan fingerprint density at radius 3 is 2.45 bits per heavy atom. The number of aromatic nitrogens is 1. The van der Waals surface area contributed by atoms with Gasteiger partial charge in [0.25, 0.3) is 0 Å². The van der Waals surface area contributed by atoms with Crippen molar-refractivity contribution >= 4 is 48.4 Å². The van der Waals surface area contributed by atoms with E-state index in [1.165, 1.54) is 56.8 Å². The van der Waals surface area contributed by atoms with Crippen molar-refractivity contribution in [1.82, 2.24) is 4.98 Å². The summed E-state index contributed by atoms with van der Waals surface area (Å²) in [6, 6.07) is 28.1. The number of ketones is 1. The monoisotopic (exact) mass is 697 g/mol. The van der Waals surface area contributed by atoms with Gasteiger partial charge in [-0.25, -0.2) is 0 Å². The maximum Gasteiger partial charge on any atom is 0.155 e. The van der Waals surface area contributed by atoms with E-state index in [1.807, 2.05) is 47.7 Å². The summed E-state index contributed by atoms with van der Waals surface area (Å²) in [7, 11) is 0. The summed E-state index contributed by atoms with van der Waals surface area (Å²) in [5, 5.41) is 11.0. The first-order valence-corrected chi connectivity index (χ1v) is 12.8. The van der Waals surface area contributed by atoms with Crippen LogP contribution in [0.3, 0.4) is 0 Å². The molecule has 0 aliphatic rings. The Kier molecular flexibility index (Phi) is 8.27. The van der Waals surface area contributed by atoms with Crippen LogP contribution < -0.4 is 0 Å². The average molecular weight is 697 g/mol. The molecule has 6 rings (SSSR count). The van der Waals surface area contributed by atoms with E-state index >= 15 is 0 Å². The van der Waals surface area contributed by atoms with Gasteiger partial charge < -0.3 is 9.52 Å². The second kappa shape index (κ2) is 11.4. The van der Waals surface area contributed by atoms with Gasteiger partial charge in [0, 0.05) is 58.0 Å². The van der Waals surface area contributed by atoms with Crippen LogP contribution in [-0.2, 0) is 24.9 Å². The molecule has 1 N–H and O–H groups in total. The number of aryl methyl sites for hydroxylation is 2. The second-order valence-corrected chi connectivity index (χ2v) is 10.1. The number of carbonyl (C=O) groups is 1. The summed E-state index contributed by atoms with van der Waals surface area (Å²) in [5.74, 6) is 0.813. The number of fused-ring (bicyclic) bond motifs is 4. The maximum atomic E-state index is 10.0. The van der Waals surface area contributed by atoms with E-state index in [-0.39, 0.29) is 31.6 Å². The summed E-state index contributed by atoms with van der Waals surface area (Å²) in [5.41, 5.74) is 7.22. The van der Waals surface area contributed by atoms with Gasteiger partial charge in [0.1, 0.15) is 5.76 Å². The van der Waals surface area contributed by atoms with Gasteiger partial charge in [-0.2, -0.15) is 0 Å². The molecule has 38 heavy (non-hydrogen) atoms. The van der Waals surface area contributed by atoms with Gasteiger partial charge in [-0.05, 0) is 62.7 Å². The maximum absolute atomic E-state index is 10.0. The van der Waals surface area contributed by atoms with E-state index in [9.17, 15) is 4.79 Å². The topological polar surface area (TPSA) is 63.3 Å². The van der Waals surface area contributed by atoms with Crippen LogP contribution >= 0.6 is 11.3 Å². The molecule has 193 valence electrons. The SMILES string of the molecule is CC(=O)/C=C(/C)O.Cc1cc2c(sc3ccccc32)c(C)c1-c1cc2nc(-c3[c-]cccc3)ccc2o1.[Ir]. The van der Waals surface area contributed by atoms with Crippen LogP contribution in [0.25, 0.3) is 53.9 Å². The fourth-order valence-electron chi connectivity index (χ4n) is 4.61. The van der Waals surface area contributed by atoms with Gasteiger partial charge >= 0.3 is 0 Å². The predicted molar refractivity (Wildman–Crippen MR) is 153 cm³/mol. The number of aliphatic hydroxyl groups is 1. The van der Waals surface area contributed by atoms with Gasteiger partial charge in [0.05, 0.1) is 11.3 Å². The van der Waals surface area contributed by atoms with Crippen molar-refractivity contribution in [1.29, 1.82) is 0 Å². The first-order valence-electron chi connectivity index (χ1n) is 12.0. The quantitative estimate of drug-likeness (QED) is 0.114. The minimum Gasteiger partial charge on any atom is -0.512 e.